The van der Waals surface area contributed by atoms with Crippen molar-refractivity contribution in [2.24, 2.45) is 0 Å². The van der Waals surface area contributed by atoms with Gasteiger partial charge < -0.3 is 9.84 Å². The lowest BCUT2D eigenvalue weighted by molar-refractivity contribution is 0.0692. The zero-order chi connectivity index (χ0) is 12.3. The minimum absolute atomic E-state index is 0.0766. The number of aromatic carboxylic acids is 1. The lowest BCUT2D eigenvalue weighted by atomic mass is 10.2. The Labute approximate surface area is 107 Å². The van der Waals surface area contributed by atoms with E-state index in [-0.39, 0.29) is 11.3 Å². The second-order valence-corrected chi connectivity index (χ2v) is 4.53. The molecule has 0 radical (unpaired) electrons. The fraction of sp³-hybridized carbons (Fsp3) is 0.0833. The third-order valence-corrected chi connectivity index (χ3v) is 3.19. The molecule has 0 saturated carbocycles. The number of rotatable bonds is 4. The summed E-state index contributed by atoms with van der Waals surface area (Å²) < 4.78 is 5.47. The maximum Gasteiger partial charge on any atom is 0.339 e. The van der Waals surface area contributed by atoms with E-state index in [1.165, 1.54) is 6.07 Å². The largest absolute Gasteiger partial charge is 0.486 e. The van der Waals surface area contributed by atoms with Crippen LogP contribution in [0.25, 0.3) is 0 Å². The average molecular weight is 269 g/mol. The van der Waals surface area contributed by atoms with E-state index in [0.29, 0.717) is 11.6 Å². The van der Waals surface area contributed by atoms with Gasteiger partial charge in [0, 0.05) is 0 Å². The molecule has 0 fully saturated rings. The van der Waals surface area contributed by atoms with E-state index < -0.39 is 5.97 Å². The van der Waals surface area contributed by atoms with E-state index in [1.54, 1.807) is 23.5 Å². The van der Waals surface area contributed by atoms with Crippen LogP contribution in [-0.2, 0) is 6.61 Å². The predicted molar refractivity (Wildman–Crippen MR) is 67.1 cm³/mol. The third kappa shape index (κ3) is 2.78. The summed E-state index contributed by atoms with van der Waals surface area (Å²) in [4.78, 5) is 11.0. The molecule has 0 atom stereocenters. The molecule has 88 valence electrons. The van der Waals surface area contributed by atoms with Crippen LogP contribution >= 0.6 is 22.9 Å². The van der Waals surface area contributed by atoms with Gasteiger partial charge in [-0.3, -0.25) is 0 Å². The summed E-state index contributed by atoms with van der Waals surface area (Å²) in [7, 11) is 0. The maximum absolute atomic E-state index is 11.0. The highest BCUT2D eigenvalue weighted by Gasteiger charge is 2.14. The first kappa shape index (κ1) is 12.0. The van der Waals surface area contributed by atoms with Crippen molar-refractivity contribution < 1.29 is 14.6 Å². The average Bonchev–Trinajstić information content (AvgIpc) is 2.80. The SMILES string of the molecule is O=C(O)c1cccc(Cl)c1OCc1ccsc1. The molecule has 0 bridgehead atoms. The van der Waals surface area contributed by atoms with Crippen LogP contribution in [0, 0.1) is 0 Å². The van der Waals surface area contributed by atoms with Gasteiger partial charge in [0.05, 0.1) is 5.02 Å². The topological polar surface area (TPSA) is 46.5 Å². The first-order valence-electron chi connectivity index (χ1n) is 4.84. The van der Waals surface area contributed by atoms with E-state index in [2.05, 4.69) is 0 Å². The highest BCUT2D eigenvalue weighted by atomic mass is 35.5. The smallest absolute Gasteiger partial charge is 0.339 e. The van der Waals surface area contributed by atoms with Gasteiger partial charge in [0.15, 0.2) is 5.75 Å². The lowest BCUT2D eigenvalue weighted by Crippen LogP contribution is -2.03. The Kier molecular flexibility index (Phi) is 3.66. The molecule has 0 aliphatic heterocycles. The number of benzene rings is 1. The normalized spacial score (nSPS) is 10.2. The maximum atomic E-state index is 11.0. The molecule has 0 spiro atoms. The van der Waals surface area contributed by atoms with Crippen molar-refractivity contribution in [1.29, 1.82) is 0 Å². The first-order valence-corrected chi connectivity index (χ1v) is 6.16. The molecule has 5 heteroatoms. The standard InChI is InChI=1S/C12H9ClO3S/c13-10-3-1-2-9(12(14)15)11(10)16-6-8-4-5-17-7-8/h1-5,7H,6H2,(H,14,15). The van der Waals surface area contributed by atoms with Crippen molar-refractivity contribution in [3.63, 3.8) is 0 Å². The van der Waals surface area contributed by atoms with Gasteiger partial charge in [-0.2, -0.15) is 11.3 Å². The molecule has 3 nitrogen and oxygen atoms in total. The molecule has 1 aromatic carbocycles. The summed E-state index contributed by atoms with van der Waals surface area (Å²) in [5.74, 6) is -0.833. The van der Waals surface area contributed by atoms with Gasteiger partial charge in [-0.25, -0.2) is 4.79 Å². The molecule has 0 amide bonds. The Morgan fingerprint density at radius 1 is 1.41 bits per heavy atom. The Balaban J connectivity index is 2.22. The van der Waals surface area contributed by atoms with Crippen molar-refractivity contribution in [2.45, 2.75) is 6.61 Å². The summed E-state index contributed by atoms with van der Waals surface area (Å²) in [6, 6.07) is 6.58. The predicted octanol–water partition coefficient (Wildman–Crippen LogP) is 3.68. The molecule has 1 heterocycles. The number of para-hydroxylation sites is 1. The lowest BCUT2D eigenvalue weighted by Gasteiger charge is -2.09. The number of halogens is 1. The Hall–Kier alpha value is -1.52. The van der Waals surface area contributed by atoms with Crippen LogP contribution in [0.3, 0.4) is 0 Å². The molecule has 1 aromatic heterocycles. The third-order valence-electron chi connectivity index (χ3n) is 2.16. The van der Waals surface area contributed by atoms with Gasteiger partial charge in [0.2, 0.25) is 0 Å². The van der Waals surface area contributed by atoms with Gasteiger partial charge in [-0.1, -0.05) is 17.7 Å². The van der Waals surface area contributed by atoms with Gasteiger partial charge in [-0.05, 0) is 34.5 Å². The number of hydrogen-bond donors (Lipinski definition) is 1. The molecule has 0 unspecified atom stereocenters. The molecule has 2 aromatic rings. The zero-order valence-corrected chi connectivity index (χ0v) is 10.3. The van der Waals surface area contributed by atoms with E-state index in [9.17, 15) is 4.79 Å². The minimum Gasteiger partial charge on any atom is -0.486 e. The molecule has 17 heavy (non-hydrogen) atoms. The van der Waals surface area contributed by atoms with E-state index in [1.807, 2.05) is 16.8 Å². The number of thiophene rings is 1. The summed E-state index contributed by atoms with van der Waals surface area (Å²) in [5.41, 5.74) is 1.07. The number of carbonyl (C=O) groups is 1. The quantitative estimate of drug-likeness (QED) is 0.920. The van der Waals surface area contributed by atoms with Gasteiger partial charge in [0.1, 0.15) is 12.2 Å². The summed E-state index contributed by atoms with van der Waals surface area (Å²) in [6.45, 7) is 0.313. The highest BCUT2D eigenvalue weighted by molar-refractivity contribution is 7.07. The number of hydrogen-bond acceptors (Lipinski definition) is 3. The summed E-state index contributed by atoms with van der Waals surface area (Å²) in [5, 5.41) is 13.2. The van der Waals surface area contributed by atoms with Crippen LogP contribution in [0.2, 0.25) is 5.02 Å². The molecule has 1 N–H and O–H groups in total. The van der Waals surface area contributed by atoms with Crippen LogP contribution in [0.1, 0.15) is 15.9 Å². The van der Waals surface area contributed by atoms with Crippen molar-refractivity contribution >= 4 is 28.9 Å². The Bertz CT molecular complexity index is 523. The van der Waals surface area contributed by atoms with Crippen molar-refractivity contribution in [2.75, 3.05) is 0 Å². The first-order chi connectivity index (χ1) is 8.18. The van der Waals surface area contributed by atoms with Crippen LogP contribution in [0.5, 0.6) is 5.75 Å². The van der Waals surface area contributed by atoms with Gasteiger partial charge in [0.25, 0.3) is 0 Å². The monoisotopic (exact) mass is 268 g/mol. The number of ether oxygens (including phenoxy) is 1. The van der Waals surface area contributed by atoms with Crippen LogP contribution in [0.15, 0.2) is 35.0 Å². The summed E-state index contributed by atoms with van der Waals surface area (Å²) >= 11 is 7.49. The molecule has 0 saturated heterocycles. The highest BCUT2D eigenvalue weighted by Crippen LogP contribution is 2.29. The van der Waals surface area contributed by atoms with Crippen LogP contribution < -0.4 is 4.74 Å². The van der Waals surface area contributed by atoms with Crippen LogP contribution in [-0.4, -0.2) is 11.1 Å². The van der Waals surface area contributed by atoms with Gasteiger partial charge >= 0.3 is 5.97 Å². The molecular formula is C12H9ClO3S. The number of carboxylic acids is 1. The van der Waals surface area contributed by atoms with E-state index in [0.717, 1.165) is 5.56 Å². The minimum atomic E-state index is -1.05. The van der Waals surface area contributed by atoms with Crippen LogP contribution in [0.4, 0.5) is 0 Å². The fourth-order valence-electron chi connectivity index (χ4n) is 1.35. The number of carboxylic acid groups (broad SMARTS) is 1. The molecule has 0 aliphatic carbocycles. The summed E-state index contributed by atoms with van der Waals surface area (Å²) in [6.07, 6.45) is 0. The zero-order valence-electron chi connectivity index (χ0n) is 8.72. The van der Waals surface area contributed by atoms with Gasteiger partial charge in [-0.15, -0.1) is 0 Å². The van der Waals surface area contributed by atoms with Crippen molar-refractivity contribution in [3.05, 3.63) is 51.2 Å². The van der Waals surface area contributed by atoms with Crippen molar-refractivity contribution in [1.82, 2.24) is 0 Å². The second kappa shape index (κ2) is 5.21. The molecule has 0 aliphatic rings. The van der Waals surface area contributed by atoms with Crippen molar-refractivity contribution in [3.8, 4) is 5.75 Å². The second-order valence-electron chi connectivity index (χ2n) is 3.34. The Morgan fingerprint density at radius 3 is 2.88 bits per heavy atom. The Morgan fingerprint density at radius 2 is 2.24 bits per heavy atom. The van der Waals surface area contributed by atoms with E-state index in [4.69, 9.17) is 21.4 Å². The molecule has 2 rings (SSSR count). The van der Waals surface area contributed by atoms with E-state index >= 15 is 0 Å². The molecular weight excluding hydrogens is 260 g/mol. The fourth-order valence-corrected chi connectivity index (χ4v) is 2.24.